The smallest absolute Gasteiger partial charge is 0.143 e. The number of benzene rings is 6. The Hall–Kier alpha value is -4.24. The van der Waals surface area contributed by atoms with Gasteiger partial charge in [-0.2, -0.15) is 0 Å². The van der Waals surface area contributed by atoms with Gasteiger partial charge in [-0.15, -0.1) is 0 Å². The normalized spacial score (nSPS) is 17.6. The summed E-state index contributed by atoms with van der Waals surface area (Å²) < 4.78 is 0.902. The molecule has 0 fully saturated rings. The van der Waals surface area contributed by atoms with Crippen molar-refractivity contribution in [2.45, 2.75) is 11.0 Å². The molecule has 0 amide bonds. The number of hydrogen-bond acceptors (Lipinski definition) is 1. The molecule has 0 saturated carbocycles. The van der Waals surface area contributed by atoms with Gasteiger partial charge >= 0.3 is 0 Å². The second-order valence-electron chi connectivity index (χ2n) is 10.7. The minimum atomic E-state index is -1.35. The fraction of sp³-hybridized carbons (Fsp3) is 0.0526. The van der Waals surface area contributed by atoms with Crippen molar-refractivity contribution in [1.29, 1.82) is 0 Å². The summed E-state index contributed by atoms with van der Waals surface area (Å²) in [4.78, 5) is 0. The molecule has 40 heavy (non-hydrogen) atoms. The first-order valence-corrected chi connectivity index (χ1v) is 14.4. The Bertz CT molecular complexity index is 1890. The van der Waals surface area contributed by atoms with E-state index in [1.165, 1.54) is 27.8 Å². The summed E-state index contributed by atoms with van der Waals surface area (Å²) in [6, 6.07) is 51.2. The first-order valence-electron chi connectivity index (χ1n) is 13.6. The second-order valence-corrected chi connectivity index (χ2v) is 11.5. The predicted molar refractivity (Wildman–Crippen MR) is 165 cm³/mol. The third-order valence-corrected chi connectivity index (χ3v) is 9.52. The van der Waals surface area contributed by atoms with Crippen LogP contribution in [-0.2, 0) is 11.0 Å². The van der Waals surface area contributed by atoms with E-state index in [-0.39, 0.29) is 0 Å². The molecule has 1 N–H and O–H groups in total. The topological polar surface area (TPSA) is 20.2 Å². The fourth-order valence-corrected chi connectivity index (χ4v) is 8.02. The van der Waals surface area contributed by atoms with Crippen LogP contribution in [0, 0.1) is 0 Å². The largest absolute Gasteiger partial charge is 0.376 e. The molecule has 6 aromatic rings. The molecule has 0 bridgehead atoms. The zero-order valence-electron chi connectivity index (χ0n) is 21.7. The summed E-state index contributed by atoms with van der Waals surface area (Å²) in [5, 5.41) is 13.2. The van der Waals surface area contributed by atoms with E-state index in [1.807, 2.05) is 18.2 Å². The number of hydrogen-bond donors (Lipinski definition) is 1. The molecule has 1 unspecified atom stereocenters. The summed E-state index contributed by atoms with van der Waals surface area (Å²) in [7, 11) is 0. The van der Waals surface area contributed by atoms with Crippen molar-refractivity contribution in [3.05, 3.63) is 189 Å². The van der Waals surface area contributed by atoms with Crippen molar-refractivity contribution >= 4 is 15.9 Å². The maximum absolute atomic E-state index is 13.2. The number of halogens is 1. The number of rotatable bonds is 3. The zero-order chi connectivity index (χ0) is 26.9. The van der Waals surface area contributed by atoms with E-state index in [1.54, 1.807) is 0 Å². The number of fused-ring (bicyclic) bond motifs is 6. The minimum absolute atomic E-state index is 0.611. The van der Waals surface area contributed by atoms with Gasteiger partial charge in [-0.3, -0.25) is 0 Å². The van der Waals surface area contributed by atoms with Crippen LogP contribution < -0.4 is 0 Å². The molecule has 190 valence electrons. The summed E-state index contributed by atoms with van der Waals surface area (Å²) in [5.41, 5.74) is 10.1. The van der Waals surface area contributed by atoms with Crippen LogP contribution in [0.3, 0.4) is 0 Å². The third-order valence-electron chi connectivity index (χ3n) is 8.86. The van der Waals surface area contributed by atoms with E-state index in [4.69, 9.17) is 0 Å². The van der Waals surface area contributed by atoms with Crippen molar-refractivity contribution < 1.29 is 5.11 Å². The van der Waals surface area contributed by atoms with Crippen LogP contribution in [-0.4, -0.2) is 5.11 Å². The molecule has 0 saturated heterocycles. The summed E-state index contributed by atoms with van der Waals surface area (Å²) >= 11 is 3.84. The molecule has 0 spiro atoms. The Kier molecular flexibility index (Phi) is 5.10. The maximum Gasteiger partial charge on any atom is 0.143 e. The van der Waals surface area contributed by atoms with Gasteiger partial charge in [0.05, 0.1) is 5.41 Å². The summed E-state index contributed by atoms with van der Waals surface area (Å²) in [5.74, 6) is 0. The van der Waals surface area contributed by atoms with Crippen molar-refractivity contribution in [2.24, 2.45) is 0 Å². The van der Waals surface area contributed by atoms with Crippen molar-refractivity contribution in [3.8, 4) is 22.3 Å². The van der Waals surface area contributed by atoms with Gasteiger partial charge in [-0.25, -0.2) is 0 Å². The molecule has 0 radical (unpaired) electrons. The minimum Gasteiger partial charge on any atom is -0.376 e. The highest BCUT2D eigenvalue weighted by Crippen LogP contribution is 2.60. The van der Waals surface area contributed by atoms with Gasteiger partial charge < -0.3 is 5.11 Å². The van der Waals surface area contributed by atoms with Gasteiger partial charge in [0.2, 0.25) is 0 Å². The van der Waals surface area contributed by atoms with Gasteiger partial charge in [-0.1, -0.05) is 155 Å². The zero-order valence-corrected chi connectivity index (χ0v) is 23.3. The average Bonchev–Trinajstić information content (AvgIpc) is 3.47. The highest BCUT2D eigenvalue weighted by Gasteiger charge is 2.52. The van der Waals surface area contributed by atoms with Gasteiger partial charge in [0.15, 0.2) is 0 Å². The fourth-order valence-electron chi connectivity index (χ4n) is 7.37. The molecule has 0 heterocycles. The third kappa shape index (κ3) is 2.90. The van der Waals surface area contributed by atoms with Gasteiger partial charge in [0, 0.05) is 15.6 Å². The van der Waals surface area contributed by atoms with Crippen LogP contribution in [0.15, 0.2) is 150 Å². The molecule has 0 aromatic heterocycles. The van der Waals surface area contributed by atoms with Crippen molar-refractivity contribution in [2.75, 3.05) is 0 Å². The molecule has 2 heteroatoms. The Labute approximate surface area is 242 Å². The molecule has 2 aliphatic rings. The average molecular weight is 578 g/mol. The quantitative estimate of drug-likeness (QED) is 0.222. The first kappa shape index (κ1) is 23.6. The molecule has 8 rings (SSSR count). The monoisotopic (exact) mass is 576 g/mol. The van der Waals surface area contributed by atoms with E-state index in [0.29, 0.717) is 0 Å². The lowest BCUT2D eigenvalue weighted by atomic mass is 9.64. The SMILES string of the molecule is OC1(c2ccccc2C2(c3ccccc3)c3ccccc3-c3ccccc32)c2ccccc2-c2cccc(Br)c21. The van der Waals surface area contributed by atoms with Crippen LogP contribution in [0.5, 0.6) is 0 Å². The summed E-state index contributed by atoms with van der Waals surface area (Å²) in [6.07, 6.45) is 0. The molecule has 1 nitrogen and oxygen atoms in total. The van der Waals surface area contributed by atoms with Crippen LogP contribution in [0.4, 0.5) is 0 Å². The number of aliphatic hydroxyl groups is 1. The highest BCUT2D eigenvalue weighted by atomic mass is 79.9. The van der Waals surface area contributed by atoms with Gasteiger partial charge in [0.25, 0.3) is 0 Å². The van der Waals surface area contributed by atoms with Gasteiger partial charge in [-0.05, 0) is 56.1 Å². The van der Waals surface area contributed by atoms with E-state index in [2.05, 4.69) is 143 Å². The molecule has 6 aromatic carbocycles. The van der Waals surface area contributed by atoms with Crippen LogP contribution >= 0.6 is 15.9 Å². The second kappa shape index (κ2) is 8.63. The molecule has 1 atom stereocenters. The Balaban J connectivity index is 1.55. The van der Waals surface area contributed by atoms with Crippen molar-refractivity contribution in [1.82, 2.24) is 0 Å². The Morgan fingerprint density at radius 1 is 0.400 bits per heavy atom. The van der Waals surface area contributed by atoms with E-state index >= 15 is 0 Å². The van der Waals surface area contributed by atoms with Crippen LogP contribution in [0.1, 0.15) is 38.9 Å². The van der Waals surface area contributed by atoms with E-state index in [9.17, 15) is 5.11 Å². The summed E-state index contributed by atoms with van der Waals surface area (Å²) in [6.45, 7) is 0. The van der Waals surface area contributed by atoms with Crippen LogP contribution in [0.25, 0.3) is 22.3 Å². The standard InChI is InChI=1S/C38H25BrO/c39-35-24-12-18-29-28-17-6-9-21-32(28)38(40,36(29)35)34-23-11-10-22-33(34)37(25-13-2-1-3-14-25)30-19-7-4-15-26(30)27-16-5-8-20-31(27)37/h1-24,40H. The van der Waals surface area contributed by atoms with Gasteiger partial charge in [0.1, 0.15) is 5.60 Å². The van der Waals surface area contributed by atoms with E-state index < -0.39 is 11.0 Å². The Morgan fingerprint density at radius 3 is 1.48 bits per heavy atom. The lowest BCUT2D eigenvalue weighted by molar-refractivity contribution is 0.128. The lowest BCUT2D eigenvalue weighted by Gasteiger charge is -2.39. The predicted octanol–water partition coefficient (Wildman–Crippen LogP) is 9.08. The molecule has 2 aliphatic carbocycles. The van der Waals surface area contributed by atoms with E-state index in [0.717, 1.165) is 37.9 Å². The molecule has 0 aliphatic heterocycles. The molecular formula is C38H25BrO. The van der Waals surface area contributed by atoms with Crippen molar-refractivity contribution in [3.63, 3.8) is 0 Å². The molecular weight excluding hydrogens is 552 g/mol. The lowest BCUT2D eigenvalue weighted by Crippen LogP contribution is -2.35. The highest BCUT2D eigenvalue weighted by molar-refractivity contribution is 9.10. The van der Waals surface area contributed by atoms with Crippen LogP contribution in [0.2, 0.25) is 0 Å². The first-order chi connectivity index (χ1) is 19.7. The Morgan fingerprint density at radius 2 is 0.850 bits per heavy atom. The maximum atomic E-state index is 13.2.